The Morgan fingerprint density at radius 3 is 1.63 bits per heavy atom. The molecule has 2 aliphatic rings. The number of hydrogen-bond acceptors (Lipinski definition) is 3. The van der Waals surface area contributed by atoms with E-state index in [1.54, 1.807) is 0 Å². The molecule has 2 aliphatic heterocycles. The van der Waals surface area contributed by atoms with Gasteiger partial charge in [0.1, 0.15) is 0 Å². The van der Waals surface area contributed by atoms with Crippen molar-refractivity contribution in [3.05, 3.63) is 0 Å². The minimum Gasteiger partial charge on any atom is -0.349 e. The molecule has 0 aromatic rings. The summed E-state index contributed by atoms with van der Waals surface area (Å²) < 4.78 is 24.8. The van der Waals surface area contributed by atoms with Gasteiger partial charge in [-0.1, -0.05) is 41.5 Å². The van der Waals surface area contributed by atoms with Crippen LogP contribution < -0.4 is 0 Å². The average Bonchev–Trinajstić information content (AvgIpc) is 2.20. The molecule has 19 heavy (non-hydrogen) atoms. The molecule has 0 saturated carbocycles. The summed E-state index contributed by atoms with van der Waals surface area (Å²) in [5, 5.41) is -1.37. The van der Waals surface area contributed by atoms with Crippen molar-refractivity contribution in [2.24, 2.45) is 5.41 Å². The maximum atomic E-state index is 12.7. The standard InChI is InChI=1S/C14H27O4P/c1-11(2)9-17-14(18-10-11)7-12(3,4)19(15,16)13(5,6)8-14/h7-10H2,1-6H3,(H,15,16). The summed E-state index contributed by atoms with van der Waals surface area (Å²) in [6.07, 6.45) is 0.959. The highest BCUT2D eigenvalue weighted by molar-refractivity contribution is 7.61. The molecule has 2 fully saturated rings. The Kier molecular flexibility index (Phi) is 3.32. The molecule has 1 spiro atoms. The van der Waals surface area contributed by atoms with Gasteiger partial charge in [0.25, 0.3) is 0 Å². The van der Waals surface area contributed by atoms with Gasteiger partial charge in [0, 0.05) is 28.6 Å². The van der Waals surface area contributed by atoms with Gasteiger partial charge in [-0.2, -0.15) is 0 Å². The van der Waals surface area contributed by atoms with Crippen LogP contribution >= 0.6 is 7.37 Å². The van der Waals surface area contributed by atoms with Gasteiger partial charge in [0.2, 0.25) is 7.37 Å². The topological polar surface area (TPSA) is 55.8 Å². The first-order valence-corrected chi connectivity index (χ1v) is 8.60. The van der Waals surface area contributed by atoms with Crippen LogP contribution in [0, 0.1) is 5.41 Å². The number of rotatable bonds is 0. The van der Waals surface area contributed by atoms with E-state index in [0.29, 0.717) is 26.1 Å². The molecular weight excluding hydrogens is 263 g/mol. The molecule has 2 rings (SSSR count). The van der Waals surface area contributed by atoms with Gasteiger partial charge in [-0.05, 0) is 0 Å². The lowest BCUT2D eigenvalue weighted by Crippen LogP contribution is -2.58. The maximum absolute atomic E-state index is 12.7. The molecule has 0 aromatic heterocycles. The third-order valence-corrected chi connectivity index (χ3v) is 8.10. The van der Waals surface area contributed by atoms with Crippen LogP contribution in [-0.2, 0) is 14.0 Å². The fraction of sp³-hybridized carbons (Fsp3) is 1.00. The van der Waals surface area contributed by atoms with Gasteiger partial charge in [0.15, 0.2) is 5.79 Å². The Bertz CT molecular complexity index is 391. The molecule has 112 valence electrons. The Morgan fingerprint density at radius 1 is 0.895 bits per heavy atom. The van der Waals surface area contributed by atoms with Crippen LogP contribution in [0.25, 0.3) is 0 Å². The summed E-state index contributed by atoms with van der Waals surface area (Å²) in [5.41, 5.74) is 0.0138. The second-order valence-electron chi connectivity index (χ2n) is 8.21. The summed E-state index contributed by atoms with van der Waals surface area (Å²) >= 11 is 0. The van der Waals surface area contributed by atoms with E-state index in [-0.39, 0.29) is 5.41 Å². The Balaban J connectivity index is 2.31. The first kappa shape index (κ1) is 15.5. The maximum Gasteiger partial charge on any atom is 0.211 e. The van der Waals surface area contributed by atoms with Gasteiger partial charge >= 0.3 is 0 Å². The molecule has 0 bridgehead atoms. The lowest BCUT2D eigenvalue weighted by Gasteiger charge is -2.56. The summed E-state index contributed by atoms with van der Waals surface area (Å²) in [4.78, 5) is 10.5. The predicted octanol–water partition coefficient (Wildman–Crippen LogP) is 3.38. The van der Waals surface area contributed by atoms with Crippen LogP contribution in [0.3, 0.4) is 0 Å². The normalized spacial score (nSPS) is 34.1. The molecule has 0 unspecified atom stereocenters. The third kappa shape index (κ3) is 2.42. The van der Waals surface area contributed by atoms with Crippen molar-refractivity contribution >= 4 is 7.37 Å². The van der Waals surface area contributed by atoms with Crippen LogP contribution in [0.5, 0.6) is 0 Å². The van der Waals surface area contributed by atoms with Crippen LogP contribution in [-0.4, -0.2) is 34.2 Å². The SMILES string of the molecule is CC1(C)COC2(CC(C)(C)P(=O)(O)C(C)(C)C2)OC1. The Hall–Kier alpha value is 0.110. The van der Waals surface area contributed by atoms with E-state index in [1.807, 2.05) is 27.7 Å². The molecule has 0 atom stereocenters. The summed E-state index contributed by atoms with van der Waals surface area (Å²) in [7, 11) is -3.28. The van der Waals surface area contributed by atoms with E-state index in [0.717, 1.165) is 0 Å². The number of hydrogen-bond donors (Lipinski definition) is 1. The Morgan fingerprint density at radius 2 is 1.26 bits per heavy atom. The fourth-order valence-corrected chi connectivity index (χ4v) is 5.90. The Labute approximate surface area is 116 Å². The van der Waals surface area contributed by atoms with E-state index in [1.165, 1.54) is 0 Å². The minimum atomic E-state index is -3.28. The van der Waals surface area contributed by atoms with E-state index in [4.69, 9.17) is 9.47 Å². The van der Waals surface area contributed by atoms with Crippen molar-refractivity contribution in [2.45, 2.75) is 70.5 Å². The smallest absolute Gasteiger partial charge is 0.211 e. The first-order valence-electron chi connectivity index (χ1n) is 6.94. The number of ether oxygens (including phenoxy) is 2. The largest absolute Gasteiger partial charge is 0.349 e. The van der Waals surface area contributed by atoms with Crippen molar-refractivity contribution in [3.8, 4) is 0 Å². The fourth-order valence-electron chi connectivity index (χ4n) is 3.36. The van der Waals surface area contributed by atoms with E-state index >= 15 is 0 Å². The average molecular weight is 290 g/mol. The van der Waals surface area contributed by atoms with Crippen molar-refractivity contribution in [3.63, 3.8) is 0 Å². The molecule has 0 radical (unpaired) electrons. The van der Waals surface area contributed by atoms with E-state index in [2.05, 4.69) is 13.8 Å². The molecule has 0 amide bonds. The van der Waals surface area contributed by atoms with Gasteiger partial charge in [-0.15, -0.1) is 0 Å². The minimum absolute atomic E-state index is 0.0138. The van der Waals surface area contributed by atoms with Crippen molar-refractivity contribution < 1.29 is 18.9 Å². The van der Waals surface area contributed by atoms with Gasteiger partial charge in [-0.25, -0.2) is 0 Å². The molecule has 2 saturated heterocycles. The first-order chi connectivity index (χ1) is 8.33. The molecule has 0 aromatic carbocycles. The summed E-state index contributed by atoms with van der Waals surface area (Å²) in [6, 6.07) is 0. The molecule has 5 heteroatoms. The van der Waals surface area contributed by atoms with Crippen molar-refractivity contribution in [2.75, 3.05) is 13.2 Å². The lowest BCUT2D eigenvalue weighted by atomic mass is 9.88. The highest BCUT2D eigenvalue weighted by atomic mass is 31.2. The van der Waals surface area contributed by atoms with Gasteiger partial charge < -0.3 is 14.4 Å². The van der Waals surface area contributed by atoms with Crippen LogP contribution in [0.1, 0.15) is 54.4 Å². The molecular formula is C14H27O4P. The second-order valence-corrected chi connectivity index (χ2v) is 11.8. The van der Waals surface area contributed by atoms with E-state index < -0.39 is 23.5 Å². The van der Waals surface area contributed by atoms with Crippen LogP contribution in [0.15, 0.2) is 0 Å². The van der Waals surface area contributed by atoms with Crippen LogP contribution in [0.4, 0.5) is 0 Å². The summed E-state index contributed by atoms with van der Waals surface area (Å²) in [6.45, 7) is 12.9. The summed E-state index contributed by atoms with van der Waals surface area (Å²) in [5.74, 6) is -0.695. The molecule has 0 aliphatic carbocycles. The monoisotopic (exact) mass is 290 g/mol. The zero-order valence-corrected chi connectivity index (χ0v) is 13.8. The zero-order chi connectivity index (χ0) is 14.7. The zero-order valence-electron chi connectivity index (χ0n) is 12.9. The lowest BCUT2D eigenvalue weighted by molar-refractivity contribution is -0.311. The predicted molar refractivity (Wildman–Crippen MR) is 75.6 cm³/mol. The second kappa shape index (κ2) is 4.07. The molecule has 1 N–H and O–H groups in total. The highest BCUT2D eigenvalue weighted by Crippen LogP contribution is 2.72. The molecule has 4 nitrogen and oxygen atoms in total. The van der Waals surface area contributed by atoms with Crippen LogP contribution in [0.2, 0.25) is 0 Å². The third-order valence-electron chi connectivity index (χ3n) is 4.50. The van der Waals surface area contributed by atoms with Gasteiger partial charge in [-0.3, -0.25) is 4.57 Å². The highest BCUT2D eigenvalue weighted by Gasteiger charge is 2.62. The van der Waals surface area contributed by atoms with Crippen molar-refractivity contribution in [1.29, 1.82) is 0 Å². The molecule has 2 heterocycles. The quantitative estimate of drug-likeness (QED) is 0.695. The van der Waals surface area contributed by atoms with E-state index in [9.17, 15) is 9.46 Å². The van der Waals surface area contributed by atoms with Crippen molar-refractivity contribution in [1.82, 2.24) is 0 Å². The van der Waals surface area contributed by atoms with Gasteiger partial charge in [0.05, 0.1) is 13.2 Å².